The molecule has 0 fully saturated rings. The molecule has 0 spiro atoms. The molecule has 3 N–H and O–H groups in total. The molecular weight excluding hydrogens is 496 g/mol. The molecular formula is C28H25F2N3O3S. The first-order valence-electron chi connectivity index (χ1n) is 11.6. The Hall–Kier alpha value is -3.82. The van der Waals surface area contributed by atoms with Crippen molar-refractivity contribution in [3.05, 3.63) is 95.4 Å². The van der Waals surface area contributed by atoms with Crippen LogP contribution in [0.25, 0.3) is 22.3 Å². The average Bonchev–Trinajstić information content (AvgIpc) is 3.48. The summed E-state index contributed by atoms with van der Waals surface area (Å²) in [4.78, 5) is 10.8. The lowest BCUT2D eigenvalue weighted by Gasteiger charge is -2.16. The molecule has 6 nitrogen and oxygen atoms in total. The van der Waals surface area contributed by atoms with Gasteiger partial charge in [-0.15, -0.1) is 0 Å². The molecule has 2 heterocycles. The van der Waals surface area contributed by atoms with E-state index in [-0.39, 0.29) is 27.8 Å². The van der Waals surface area contributed by atoms with E-state index in [9.17, 15) is 9.32 Å². The van der Waals surface area contributed by atoms with Gasteiger partial charge in [0.15, 0.2) is 11.6 Å². The molecule has 2 aromatic heterocycles. The van der Waals surface area contributed by atoms with Gasteiger partial charge >= 0.3 is 0 Å². The largest absolute Gasteiger partial charge is 0.453 e. The van der Waals surface area contributed by atoms with Gasteiger partial charge in [-0.25, -0.2) is 13.8 Å². The maximum absolute atomic E-state index is 15.0. The zero-order valence-electron chi connectivity index (χ0n) is 20.4. The summed E-state index contributed by atoms with van der Waals surface area (Å²) in [7, 11) is -1.56. The SMILES string of the molecule is CS(=O)c1c(Oc2ccc(F)c(-c3nc(C(C)(C)O)c(Cc4ccccc4)[nH]3)c2)c(F)cc2[nH]ccc12. The molecule has 9 heteroatoms. The van der Waals surface area contributed by atoms with Crippen LogP contribution in [0.5, 0.6) is 11.5 Å². The summed E-state index contributed by atoms with van der Waals surface area (Å²) < 4.78 is 48.4. The summed E-state index contributed by atoms with van der Waals surface area (Å²) in [5, 5.41) is 11.3. The number of fused-ring (bicyclic) bond motifs is 1. The number of nitrogens with one attached hydrogen (secondary N) is 2. The predicted octanol–water partition coefficient (Wildman–Crippen LogP) is 6.18. The number of halogens is 2. The van der Waals surface area contributed by atoms with Crippen molar-refractivity contribution in [2.24, 2.45) is 0 Å². The van der Waals surface area contributed by atoms with Crippen molar-refractivity contribution in [1.82, 2.24) is 15.0 Å². The third kappa shape index (κ3) is 4.92. The molecule has 0 aliphatic carbocycles. The number of aliphatic hydroxyl groups is 1. The Labute approximate surface area is 214 Å². The highest BCUT2D eigenvalue weighted by atomic mass is 32.2. The summed E-state index contributed by atoms with van der Waals surface area (Å²) in [5.41, 5.74) is 1.34. The number of ether oxygens (including phenoxy) is 1. The summed E-state index contributed by atoms with van der Waals surface area (Å²) in [6.45, 7) is 3.23. The van der Waals surface area contributed by atoms with Crippen LogP contribution in [-0.2, 0) is 22.8 Å². The highest BCUT2D eigenvalue weighted by molar-refractivity contribution is 7.84. The van der Waals surface area contributed by atoms with Gasteiger partial charge in [0.25, 0.3) is 0 Å². The number of aromatic nitrogens is 3. The van der Waals surface area contributed by atoms with E-state index < -0.39 is 28.0 Å². The minimum absolute atomic E-state index is 0.0876. The zero-order valence-corrected chi connectivity index (χ0v) is 21.2. The van der Waals surface area contributed by atoms with Gasteiger partial charge in [0.1, 0.15) is 23.0 Å². The van der Waals surface area contributed by atoms with Crippen LogP contribution in [0.3, 0.4) is 0 Å². The van der Waals surface area contributed by atoms with Crippen LogP contribution in [0.15, 0.2) is 71.8 Å². The maximum atomic E-state index is 15.0. The van der Waals surface area contributed by atoms with E-state index in [1.165, 1.54) is 30.5 Å². The normalized spacial score (nSPS) is 12.7. The fourth-order valence-electron chi connectivity index (χ4n) is 4.34. The zero-order chi connectivity index (χ0) is 26.3. The first-order valence-corrected chi connectivity index (χ1v) is 13.1. The van der Waals surface area contributed by atoms with E-state index in [1.54, 1.807) is 26.1 Å². The van der Waals surface area contributed by atoms with Crippen LogP contribution in [0.2, 0.25) is 0 Å². The topological polar surface area (TPSA) is 91.0 Å². The Morgan fingerprint density at radius 2 is 1.81 bits per heavy atom. The molecule has 37 heavy (non-hydrogen) atoms. The van der Waals surface area contributed by atoms with Crippen molar-refractivity contribution in [2.75, 3.05) is 6.26 Å². The molecule has 5 rings (SSSR count). The van der Waals surface area contributed by atoms with Gasteiger partial charge in [-0.3, -0.25) is 4.21 Å². The number of H-pyrrole nitrogens is 2. The number of aromatic amines is 2. The Bertz CT molecular complexity index is 1620. The number of hydrogen-bond donors (Lipinski definition) is 3. The summed E-state index contributed by atoms with van der Waals surface area (Å²) >= 11 is 0. The Kier molecular flexibility index (Phi) is 6.43. The Morgan fingerprint density at radius 1 is 1.05 bits per heavy atom. The van der Waals surface area contributed by atoms with Gasteiger partial charge in [-0.2, -0.15) is 0 Å². The lowest BCUT2D eigenvalue weighted by atomic mass is 10.00. The quantitative estimate of drug-likeness (QED) is 0.238. The molecule has 5 aromatic rings. The third-order valence-electron chi connectivity index (χ3n) is 6.00. The second-order valence-corrected chi connectivity index (χ2v) is 10.6. The summed E-state index contributed by atoms with van der Waals surface area (Å²) in [5.74, 6) is -1.12. The summed E-state index contributed by atoms with van der Waals surface area (Å²) in [6.07, 6.45) is 3.53. The third-order valence-corrected chi connectivity index (χ3v) is 6.98. The van der Waals surface area contributed by atoms with Crippen molar-refractivity contribution < 1.29 is 22.8 Å². The molecule has 190 valence electrons. The van der Waals surface area contributed by atoms with Gasteiger partial charge in [0.2, 0.25) is 0 Å². The molecule has 0 radical (unpaired) electrons. The fourth-order valence-corrected chi connectivity index (χ4v) is 5.23. The lowest BCUT2D eigenvalue weighted by molar-refractivity contribution is 0.0734. The second kappa shape index (κ2) is 9.57. The Balaban J connectivity index is 1.57. The standard InChI is InChI=1S/C28H25F2N3O3S/c1-28(2,34)26-23(13-16-7-5-4-6-8-16)32-27(33-26)19-14-17(9-10-20(19)29)36-24-21(30)15-22-18(11-12-31-22)25(24)37(3)35/h4-12,14-15,31,34H,13H2,1-3H3,(H,32,33). The number of nitrogens with zero attached hydrogens (tertiary/aromatic N) is 1. The number of hydrogen-bond acceptors (Lipinski definition) is 4. The fraction of sp³-hybridized carbons (Fsp3) is 0.179. The lowest BCUT2D eigenvalue weighted by Crippen LogP contribution is -2.18. The predicted molar refractivity (Wildman–Crippen MR) is 139 cm³/mol. The molecule has 0 aliphatic heterocycles. The van der Waals surface area contributed by atoms with Gasteiger partial charge in [-0.1, -0.05) is 30.3 Å². The van der Waals surface area contributed by atoms with Crippen LogP contribution in [0, 0.1) is 11.6 Å². The molecule has 1 atom stereocenters. The van der Waals surface area contributed by atoms with E-state index in [1.807, 2.05) is 30.3 Å². The van der Waals surface area contributed by atoms with Crippen LogP contribution >= 0.6 is 0 Å². The first kappa shape index (κ1) is 24.9. The van der Waals surface area contributed by atoms with E-state index in [2.05, 4.69) is 15.0 Å². The minimum atomic E-state index is -1.56. The first-order chi connectivity index (χ1) is 17.6. The number of imidazole rings is 1. The van der Waals surface area contributed by atoms with E-state index in [4.69, 9.17) is 4.74 Å². The number of benzene rings is 3. The van der Waals surface area contributed by atoms with Crippen molar-refractivity contribution in [3.63, 3.8) is 0 Å². The molecule has 1 unspecified atom stereocenters. The van der Waals surface area contributed by atoms with Crippen LogP contribution < -0.4 is 4.74 Å². The molecule has 0 saturated heterocycles. The summed E-state index contributed by atoms with van der Waals surface area (Å²) in [6, 6.07) is 16.6. The van der Waals surface area contributed by atoms with Gasteiger partial charge in [-0.05, 0) is 43.7 Å². The molecule has 0 amide bonds. The smallest absolute Gasteiger partial charge is 0.179 e. The Morgan fingerprint density at radius 3 is 2.51 bits per heavy atom. The molecule has 3 aromatic carbocycles. The molecule has 0 bridgehead atoms. The second-order valence-electron chi connectivity index (χ2n) is 9.29. The van der Waals surface area contributed by atoms with Crippen molar-refractivity contribution in [3.8, 4) is 22.9 Å². The highest BCUT2D eigenvalue weighted by Gasteiger charge is 2.27. The van der Waals surface area contributed by atoms with Crippen molar-refractivity contribution >= 4 is 21.7 Å². The van der Waals surface area contributed by atoms with E-state index >= 15 is 8.78 Å². The van der Waals surface area contributed by atoms with Gasteiger partial charge in [0.05, 0.1) is 27.0 Å². The minimum Gasteiger partial charge on any atom is -0.453 e. The van der Waals surface area contributed by atoms with Crippen molar-refractivity contribution in [1.29, 1.82) is 0 Å². The van der Waals surface area contributed by atoms with Gasteiger partial charge < -0.3 is 19.8 Å². The average molecular weight is 522 g/mol. The maximum Gasteiger partial charge on any atom is 0.179 e. The monoisotopic (exact) mass is 521 g/mol. The van der Waals surface area contributed by atoms with Crippen LogP contribution in [0.1, 0.15) is 30.8 Å². The molecule has 0 aliphatic rings. The van der Waals surface area contributed by atoms with E-state index in [0.29, 0.717) is 28.7 Å². The van der Waals surface area contributed by atoms with Crippen LogP contribution in [0.4, 0.5) is 8.78 Å². The highest BCUT2D eigenvalue weighted by Crippen LogP contribution is 2.38. The van der Waals surface area contributed by atoms with Gasteiger partial charge in [0, 0.05) is 41.5 Å². The van der Waals surface area contributed by atoms with Crippen molar-refractivity contribution in [2.45, 2.75) is 30.8 Å². The van der Waals surface area contributed by atoms with E-state index in [0.717, 1.165) is 5.56 Å². The molecule has 0 saturated carbocycles. The van der Waals surface area contributed by atoms with Crippen LogP contribution in [-0.4, -0.2) is 30.5 Å². The number of rotatable bonds is 7.